The molecule has 0 saturated heterocycles. The number of hydrogen-bond donors (Lipinski definition) is 2. The van der Waals surface area contributed by atoms with Gasteiger partial charge in [0.05, 0.1) is 0 Å². The second kappa shape index (κ2) is 4.36. The molecule has 0 aliphatic rings. The predicted molar refractivity (Wildman–Crippen MR) is 64.5 cm³/mol. The van der Waals surface area contributed by atoms with E-state index in [1.54, 1.807) is 17.4 Å². The van der Waals surface area contributed by atoms with Gasteiger partial charge in [0.15, 0.2) is 0 Å². The number of phenolic OH excluding ortho intramolecular Hbond substituents is 1. The highest BCUT2D eigenvalue weighted by Gasteiger charge is 1.98. The Hall–Kier alpha value is -1.48. The first-order valence-corrected chi connectivity index (χ1v) is 5.69. The largest absolute Gasteiger partial charge is 0.508 e. The van der Waals surface area contributed by atoms with E-state index in [9.17, 15) is 5.11 Å². The normalized spacial score (nSPS) is 10.2. The molecule has 0 aliphatic heterocycles. The molecule has 78 valence electrons. The van der Waals surface area contributed by atoms with Crippen molar-refractivity contribution in [3.05, 3.63) is 46.2 Å². The zero-order valence-corrected chi connectivity index (χ0v) is 9.34. The van der Waals surface area contributed by atoms with Gasteiger partial charge < -0.3 is 10.4 Å². The van der Waals surface area contributed by atoms with E-state index in [1.165, 1.54) is 4.88 Å². The van der Waals surface area contributed by atoms with E-state index in [-0.39, 0.29) is 0 Å². The van der Waals surface area contributed by atoms with Gasteiger partial charge in [-0.1, -0.05) is 6.07 Å². The second-order valence-electron chi connectivity index (χ2n) is 3.43. The van der Waals surface area contributed by atoms with Crippen molar-refractivity contribution in [2.45, 2.75) is 13.5 Å². The van der Waals surface area contributed by atoms with E-state index >= 15 is 0 Å². The first-order valence-electron chi connectivity index (χ1n) is 4.81. The van der Waals surface area contributed by atoms with Crippen LogP contribution in [0.15, 0.2) is 35.7 Å². The minimum Gasteiger partial charge on any atom is -0.508 e. The van der Waals surface area contributed by atoms with Crippen LogP contribution >= 0.6 is 11.3 Å². The number of nitrogens with one attached hydrogen (secondary N) is 1. The van der Waals surface area contributed by atoms with Crippen LogP contribution in [0.1, 0.15) is 10.4 Å². The molecule has 0 aliphatic carbocycles. The second-order valence-corrected chi connectivity index (χ2v) is 4.47. The molecular weight excluding hydrogens is 206 g/mol. The van der Waals surface area contributed by atoms with Gasteiger partial charge in [0.1, 0.15) is 5.75 Å². The molecule has 1 aromatic carbocycles. The maximum absolute atomic E-state index is 9.37. The zero-order valence-electron chi connectivity index (χ0n) is 8.53. The maximum atomic E-state index is 9.37. The number of benzene rings is 1. The Balaban J connectivity index is 2.02. The molecule has 3 heteroatoms. The summed E-state index contributed by atoms with van der Waals surface area (Å²) in [7, 11) is 0. The van der Waals surface area contributed by atoms with Gasteiger partial charge in [0, 0.05) is 17.1 Å². The van der Waals surface area contributed by atoms with Crippen LogP contribution in [0.5, 0.6) is 5.75 Å². The Bertz CT molecular complexity index is 437. The van der Waals surface area contributed by atoms with Crippen molar-refractivity contribution in [2.75, 3.05) is 5.32 Å². The van der Waals surface area contributed by atoms with Crippen molar-refractivity contribution < 1.29 is 5.11 Å². The Morgan fingerprint density at radius 3 is 2.87 bits per heavy atom. The number of anilines is 1. The predicted octanol–water partition coefficient (Wildman–Crippen LogP) is 3.37. The molecule has 0 saturated carbocycles. The molecule has 2 N–H and O–H groups in total. The molecule has 0 bridgehead atoms. The summed E-state index contributed by atoms with van der Waals surface area (Å²) < 4.78 is 0. The summed E-state index contributed by atoms with van der Waals surface area (Å²) in [6.45, 7) is 2.73. The van der Waals surface area contributed by atoms with Crippen LogP contribution < -0.4 is 5.32 Å². The van der Waals surface area contributed by atoms with Crippen molar-refractivity contribution >= 4 is 17.0 Å². The average Bonchev–Trinajstić information content (AvgIpc) is 2.73. The first-order chi connectivity index (χ1) is 7.25. The monoisotopic (exact) mass is 219 g/mol. The smallest absolute Gasteiger partial charge is 0.118 e. The molecule has 0 radical (unpaired) electrons. The molecular formula is C12H13NOS. The Labute approximate surface area is 93.2 Å². The lowest BCUT2D eigenvalue weighted by Crippen LogP contribution is -1.97. The molecule has 0 unspecified atom stereocenters. The number of rotatable bonds is 3. The quantitative estimate of drug-likeness (QED) is 0.776. The Morgan fingerprint density at radius 2 is 2.20 bits per heavy atom. The van der Waals surface area contributed by atoms with Crippen molar-refractivity contribution in [1.82, 2.24) is 0 Å². The van der Waals surface area contributed by atoms with E-state index < -0.39 is 0 Å². The molecule has 2 rings (SSSR count). The van der Waals surface area contributed by atoms with Crippen molar-refractivity contribution in [3.63, 3.8) is 0 Å². The highest BCUT2D eigenvalue weighted by atomic mass is 32.1. The van der Waals surface area contributed by atoms with Crippen molar-refractivity contribution in [1.29, 1.82) is 0 Å². The fraction of sp³-hybridized carbons (Fsp3) is 0.167. The molecule has 1 aromatic heterocycles. The summed E-state index contributed by atoms with van der Waals surface area (Å²) in [4.78, 5) is 1.31. The van der Waals surface area contributed by atoms with Gasteiger partial charge in [0.2, 0.25) is 0 Å². The molecule has 0 atom stereocenters. The van der Waals surface area contributed by atoms with E-state index in [2.05, 4.69) is 16.8 Å². The maximum Gasteiger partial charge on any atom is 0.118 e. The van der Waals surface area contributed by atoms with Gasteiger partial charge in [0.25, 0.3) is 0 Å². The van der Waals surface area contributed by atoms with E-state index in [0.29, 0.717) is 5.75 Å². The lowest BCUT2D eigenvalue weighted by atomic mass is 10.2. The Morgan fingerprint density at radius 1 is 1.33 bits per heavy atom. The zero-order chi connectivity index (χ0) is 10.7. The van der Waals surface area contributed by atoms with Gasteiger partial charge in [-0.05, 0) is 42.1 Å². The van der Waals surface area contributed by atoms with E-state index in [1.807, 2.05) is 25.1 Å². The van der Waals surface area contributed by atoms with Crippen molar-refractivity contribution in [3.8, 4) is 5.75 Å². The summed E-state index contributed by atoms with van der Waals surface area (Å²) >= 11 is 1.74. The molecule has 0 amide bonds. The summed E-state index contributed by atoms with van der Waals surface area (Å²) in [5, 5.41) is 14.8. The van der Waals surface area contributed by atoms with E-state index in [0.717, 1.165) is 17.8 Å². The molecule has 15 heavy (non-hydrogen) atoms. The molecule has 2 aromatic rings. The number of aromatic hydroxyl groups is 1. The number of thiophene rings is 1. The number of phenols is 1. The number of hydrogen-bond acceptors (Lipinski definition) is 3. The third-order valence-corrected chi connectivity index (χ3v) is 3.12. The van der Waals surface area contributed by atoms with Crippen LogP contribution in [0.3, 0.4) is 0 Å². The van der Waals surface area contributed by atoms with Gasteiger partial charge in [-0.3, -0.25) is 0 Å². The summed E-state index contributed by atoms with van der Waals surface area (Å²) in [6, 6.07) is 9.69. The standard InChI is InChI=1S/C12H13NOS/c1-9-7-10(4-5-12(9)14)13-8-11-3-2-6-15-11/h2-7,13-14H,8H2,1H3. The van der Waals surface area contributed by atoms with Crippen LogP contribution in [0.25, 0.3) is 0 Å². The summed E-state index contributed by atoms with van der Waals surface area (Å²) in [5.41, 5.74) is 1.94. The van der Waals surface area contributed by atoms with Gasteiger partial charge >= 0.3 is 0 Å². The van der Waals surface area contributed by atoms with Gasteiger partial charge in [-0.15, -0.1) is 11.3 Å². The molecule has 2 nitrogen and oxygen atoms in total. The summed E-state index contributed by atoms with van der Waals surface area (Å²) in [6.07, 6.45) is 0. The van der Waals surface area contributed by atoms with Crippen LogP contribution in [-0.2, 0) is 6.54 Å². The number of aryl methyl sites for hydroxylation is 1. The van der Waals surface area contributed by atoms with Crippen LogP contribution in [0, 0.1) is 6.92 Å². The Kier molecular flexibility index (Phi) is 2.92. The summed E-state index contributed by atoms with van der Waals surface area (Å²) in [5.74, 6) is 0.344. The minimum atomic E-state index is 0.344. The van der Waals surface area contributed by atoms with Crippen LogP contribution in [0.2, 0.25) is 0 Å². The topological polar surface area (TPSA) is 32.3 Å². The fourth-order valence-electron chi connectivity index (χ4n) is 1.37. The van der Waals surface area contributed by atoms with E-state index in [4.69, 9.17) is 0 Å². The highest BCUT2D eigenvalue weighted by Crippen LogP contribution is 2.21. The van der Waals surface area contributed by atoms with Crippen molar-refractivity contribution in [2.24, 2.45) is 0 Å². The SMILES string of the molecule is Cc1cc(NCc2cccs2)ccc1O. The van der Waals surface area contributed by atoms with Crippen LogP contribution in [-0.4, -0.2) is 5.11 Å². The molecule has 1 heterocycles. The third kappa shape index (κ3) is 2.50. The molecule has 0 spiro atoms. The minimum absolute atomic E-state index is 0.344. The van der Waals surface area contributed by atoms with Crippen LogP contribution in [0.4, 0.5) is 5.69 Å². The molecule has 0 fully saturated rings. The van der Waals surface area contributed by atoms with Gasteiger partial charge in [-0.2, -0.15) is 0 Å². The lowest BCUT2D eigenvalue weighted by Gasteiger charge is -2.06. The lowest BCUT2D eigenvalue weighted by molar-refractivity contribution is 0.471. The average molecular weight is 219 g/mol. The highest BCUT2D eigenvalue weighted by molar-refractivity contribution is 7.09. The first kappa shape index (κ1) is 10.1. The third-order valence-electron chi connectivity index (χ3n) is 2.24. The van der Waals surface area contributed by atoms with Gasteiger partial charge in [-0.25, -0.2) is 0 Å². The fourth-order valence-corrected chi connectivity index (χ4v) is 2.01.